The molecule has 3 aliphatic rings. The van der Waals surface area contributed by atoms with Crippen molar-refractivity contribution in [2.24, 2.45) is 0 Å². The lowest BCUT2D eigenvalue weighted by atomic mass is 10.0. The average Bonchev–Trinajstić information content (AvgIpc) is 3.42. The highest BCUT2D eigenvalue weighted by atomic mass is 16.5. The van der Waals surface area contributed by atoms with Crippen LogP contribution in [0.1, 0.15) is 40.7 Å². The van der Waals surface area contributed by atoms with E-state index in [2.05, 4.69) is 39.5 Å². The molecule has 0 aliphatic carbocycles. The molecule has 0 spiro atoms. The molecule has 3 aliphatic heterocycles. The Bertz CT molecular complexity index is 1340. The van der Waals surface area contributed by atoms with Crippen molar-refractivity contribution in [3.8, 4) is 5.75 Å². The molecule has 3 aromatic rings. The predicted octanol–water partition coefficient (Wildman–Crippen LogP) is 2.65. The smallest absolute Gasteiger partial charge is 0.255 e. The Hall–Kier alpha value is -3.78. The molecule has 35 heavy (non-hydrogen) atoms. The number of likely N-dealkylation sites (tertiary alicyclic amines) is 1. The minimum absolute atomic E-state index is 0.0820. The fraction of sp³-hybridized carbons (Fsp3) is 0.333. The van der Waals surface area contributed by atoms with Crippen molar-refractivity contribution in [3.05, 3.63) is 71.4 Å². The Labute approximate surface area is 202 Å². The largest absolute Gasteiger partial charge is 0.489 e. The Morgan fingerprint density at radius 1 is 1.06 bits per heavy atom. The van der Waals surface area contributed by atoms with Crippen molar-refractivity contribution in [3.63, 3.8) is 0 Å². The van der Waals surface area contributed by atoms with Gasteiger partial charge in [-0.3, -0.25) is 29.6 Å². The molecular weight excluding hydrogens is 444 g/mol. The summed E-state index contributed by atoms with van der Waals surface area (Å²) in [4.78, 5) is 44.9. The third kappa shape index (κ3) is 4.25. The number of ether oxygens (including phenoxy) is 1. The van der Waals surface area contributed by atoms with Crippen LogP contribution in [-0.2, 0) is 22.7 Å². The molecule has 2 fully saturated rings. The summed E-state index contributed by atoms with van der Waals surface area (Å²) in [5.41, 5.74) is 3.72. The van der Waals surface area contributed by atoms with Crippen molar-refractivity contribution in [1.29, 1.82) is 0 Å². The molecule has 6 rings (SSSR count). The Morgan fingerprint density at radius 2 is 1.97 bits per heavy atom. The number of benzene rings is 2. The van der Waals surface area contributed by atoms with Crippen molar-refractivity contribution in [2.45, 2.75) is 44.5 Å². The molecule has 3 amide bonds. The molecule has 1 aromatic heterocycles. The summed E-state index contributed by atoms with van der Waals surface area (Å²) in [5.74, 6) is -0.106. The van der Waals surface area contributed by atoms with Gasteiger partial charge in [0.25, 0.3) is 5.91 Å². The first kappa shape index (κ1) is 21.7. The average molecular weight is 471 g/mol. The number of amides is 3. The molecular formula is C27H26N4O4. The first-order valence-electron chi connectivity index (χ1n) is 12.0. The SMILES string of the molecule is O=C1CC[C@@H](N2Cc3cc(O[C@H]4CCN(Cc5ccc6ncccc6c5)C4)ccc3C2=O)C(=O)N1. The summed E-state index contributed by atoms with van der Waals surface area (Å²) in [6.07, 6.45) is 3.44. The third-order valence-electron chi connectivity index (χ3n) is 7.10. The van der Waals surface area contributed by atoms with E-state index in [0.29, 0.717) is 18.5 Å². The number of nitrogens with one attached hydrogen (secondary N) is 1. The topological polar surface area (TPSA) is 91.8 Å². The number of carbonyl (C=O) groups excluding carboxylic acids is 3. The maximum Gasteiger partial charge on any atom is 0.255 e. The van der Waals surface area contributed by atoms with Crippen molar-refractivity contribution < 1.29 is 19.1 Å². The fourth-order valence-electron chi connectivity index (χ4n) is 5.34. The summed E-state index contributed by atoms with van der Waals surface area (Å²) in [5, 5.41) is 3.49. The van der Waals surface area contributed by atoms with Crippen LogP contribution < -0.4 is 10.1 Å². The maximum absolute atomic E-state index is 12.9. The van der Waals surface area contributed by atoms with Gasteiger partial charge in [-0.25, -0.2) is 0 Å². The Balaban J connectivity index is 1.08. The maximum atomic E-state index is 12.9. The van der Waals surface area contributed by atoms with Crippen LogP contribution in [0.25, 0.3) is 10.9 Å². The van der Waals surface area contributed by atoms with Gasteiger partial charge in [0.05, 0.1) is 5.52 Å². The molecule has 0 saturated carbocycles. The lowest BCUT2D eigenvalue weighted by Crippen LogP contribution is -2.52. The van der Waals surface area contributed by atoms with Crippen LogP contribution in [0.15, 0.2) is 54.7 Å². The molecule has 178 valence electrons. The fourth-order valence-corrected chi connectivity index (χ4v) is 5.34. The zero-order valence-corrected chi connectivity index (χ0v) is 19.3. The molecule has 0 radical (unpaired) electrons. The summed E-state index contributed by atoms with van der Waals surface area (Å²) in [7, 11) is 0. The standard InChI is InChI=1S/C27H26N4O4/c32-25-8-7-24(26(33)29-25)31-15-19-13-20(4-5-22(19)27(31)34)35-21-9-11-30(16-21)14-17-3-6-23-18(12-17)2-1-10-28-23/h1-6,10,12-13,21,24H,7-9,11,14-16H2,(H,29,32,33)/t21-,24+/m0/s1. The molecule has 2 aromatic carbocycles. The molecule has 2 atom stereocenters. The van der Waals surface area contributed by atoms with E-state index in [4.69, 9.17) is 4.74 Å². The van der Waals surface area contributed by atoms with Gasteiger partial charge in [-0.2, -0.15) is 0 Å². The van der Waals surface area contributed by atoms with Gasteiger partial charge in [-0.1, -0.05) is 12.1 Å². The number of nitrogens with zero attached hydrogens (tertiary/aromatic N) is 3. The molecule has 2 saturated heterocycles. The number of carbonyl (C=O) groups is 3. The van der Waals surface area contributed by atoms with Gasteiger partial charge in [-0.05, 0) is 60.4 Å². The second-order valence-electron chi connectivity index (χ2n) is 9.51. The van der Waals surface area contributed by atoms with Crippen LogP contribution in [0.5, 0.6) is 5.75 Å². The van der Waals surface area contributed by atoms with Gasteiger partial charge >= 0.3 is 0 Å². The van der Waals surface area contributed by atoms with E-state index in [1.807, 2.05) is 24.4 Å². The van der Waals surface area contributed by atoms with Crippen LogP contribution in [0, 0.1) is 0 Å². The van der Waals surface area contributed by atoms with E-state index in [-0.39, 0.29) is 24.3 Å². The van der Waals surface area contributed by atoms with Gasteiger partial charge in [0.15, 0.2) is 0 Å². The summed E-state index contributed by atoms with van der Waals surface area (Å²) in [6.45, 7) is 3.02. The number of hydrogen-bond acceptors (Lipinski definition) is 6. The van der Waals surface area contributed by atoms with Crippen molar-refractivity contribution >= 4 is 28.6 Å². The van der Waals surface area contributed by atoms with Gasteiger partial charge in [0.1, 0.15) is 17.9 Å². The second kappa shape index (κ2) is 8.78. The highest BCUT2D eigenvalue weighted by Crippen LogP contribution is 2.31. The third-order valence-corrected chi connectivity index (χ3v) is 7.10. The minimum atomic E-state index is -0.605. The first-order valence-corrected chi connectivity index (χ1v) is 12.0. The zero-order chi connectivity index (χ0) is 23.9. The minimum Gasteiger partial charge on any atom is -0.489 e. The molecule has 0 unspecified atom stereocenters. The van der Waals surface area contributed by atoms with Crippen LogP contribution in [-0.4, -0.2) is 57.7 Å². The monoisotopic (exact) mass is 470 g/mol. The number of hydrogen-bond donors (Lipinski definition) is 1. The van der Waals surface area contributed by atoms with E-state index in [1.165, 1.54) is 5.56 Å². The number of aromatic nitrogens is 1. The molecule has 0 bridgehead atoms. The van der Waals surface area contributed by atoms with E-state index in [9.17, 15) is 14.4 Å². The van der Waals surface area contributed by atoms with Gasteiger partial charge in [0.2, 0.25) is 11.8 Å². The molecule has 8 heteroatoms. The van der Waals surface area contributed by atoms with Crippen molar-refractivity contribution in [2.75, 3.05) is 13.1 Å². The van der Waals surface area contributed by atoms with E-state index in [0.717, 1.165) is 48.3 Å². The number of imide groups is 1. The lowest BCUT2D eigenvalue weighted by molar-refractivity contribution is -0.136. The second-order valence-corrected chi connectivity index (χ2v) is 9.51. The van der Waals surface area contributed by atoms with Gasteiger partial charge in [-0.15, -0.1) is 0 Å². The van der Waals surface area contributed by atoms with Crippen LogP contribution in [0.4, 0.5) is 0 Å². The molecule has 4 heterocycles. The Kier molecular flexibility index (Phi) is 5.45. The van der Waals surface area contributed by atoms with E-state index < -0.39 is 11.9 Å². The van der Waals surface area contributed by atoms with Crippen LogP contribution in [0.2, 0.25) is 0 Å². The highest BCUT2D eigenvalue weighted by molar-refractivity contribution is 6.05. The highest BCUT2D eigenvalue weighted by Gasteiger charge is 2.39. The number of rotatable bonds is 5. The Morgan fingerprint density at radius 3 is 2.86 bits per heavy atom. The van der Waals surface area contributed by atoms with Gasteiger partial charge < -0.3 is 9.64 Å². The van der Waals surface area contributed by atoms with E-state index in [1.54, 1.807) is 11.0 Å². The molecule has 1 N–H and O–H groups in total. The first-order chi connectivity index (χ1) is 17.0. The number of piperidine rings is 1. The summed E-state index contributed by atoms with van der Waals surface area (Å²) >= 11 is 0. The predicted molar refractivity (Wildman–Crippen MR) is 129 cm³/mol. The van der Waals surface area contributed by atoms with Crippen LogP contribution in [0.3, 0.4) is 0 Å². The lowest BCUT2D eigenvalue weighted by Gasteiger charge is -2.29. The summed E-state index contributed by atoms with van der Waals surface area (Å²) < 4.78 is 6.28. The van der Waals surface area contributed by atoms with Gasteiger partial charge in [0, 0.05) is 49.7 Å². The van der Waals surface area contributed by atoms with Crippen LogP contribution >= 0.6 is 0 Å². The number of fused-ring (bicyclic) bond motifs is 2. The normalized spacial score (nSPS) is 22.5. The van der Waals surface area contributed by atoms with Crippen molar-refractivity contribution in [1.82, 2.24) is 20.1 Å². The number of pyridine rings is 1. The van der Waals surface area contributed by atoms with E-state index >= 15 is 0 Å². The zero-order valence-electron chi connectivity index (χ0n) is 19.3. The summed E-state index contributed by atoms with van der Waals surface area (Å²) in [6, 6.07) is 15.4. The quantitative estimate of drug-likeness (QED) is 0.577. The molecule has 8 nitrogen and oxygen atoms in total.